The van der Waals surface area contributed by atoms with Gasteiger partial charge in [0, 0.05) is 6.54 Å². The molecule has 1 rings (SSSR count). The fourth-order valence-corrected chi connectivity index (χ4v) is 2.96. The number of nitrogens with one attached hydrogen (secondary N) is 1. The van der Waals surface area contributed by atoms with E-state index in [1.54, 1.807) is 0 Å². The van der Waals surface area contributed by atoms with Crippen LogP contribution < -0.4 is 10.5 Å². The Morgan fingerprint density at radius 3 is 2.26 bits per heavy atom. The largest absolute Gasteiger partial charge is 0.356 e. The summed E-state index contributed by atoms with van der Waals surface area (Å²) < 4.78 is 21.6. The van der Waals surface area contributed by atoms with E-state index in [2.05, 4.69) is 31.3 Å². The fraction of sp³-hybridized carbons (Fsp3) is 0.588. The Morgan fingerprint density at radius 1 is 1.13 bits per heavy atom. The van der Waals surface area contributed by atoms with Crippen LogP contribution in [0.3, 0.4) is 0 Å². The van der Waals surface area contributed by atoms with Crippen molar-refractivity contribution in [1.29, 1.82) is 0 Å². The lowest BCUT2D eigenvalue weighted by molar-refractivity contribution is -0.122. The number of carbonyl (C=O) groups is 1. The van der Waals surface area contributed by atoms with Crippen molar-refractivity contribution in [3.63, 3.8) is 0 Å². The summed E-state index contributed by atoms with van der Waals surface area (Å²) >= 11 is 0. The minimum Gasteiger partial charge on any atom is -0.356 e. The number of carbonyl (C=O) groups excluding carboxylic acids is 1. The Labute approximate surface area is 139 Å². The van der Waals surface area contributed by atoms with Gasteiger partial charge in [0.2, 0.25) is 15.9 Å². The summed E-state index contributed by atoms with van der Waals surface area (Å²) in [6.07, 6.45) is 2.09. The average molecular weight is 340 g/mol. The van der Waals surface area contributed by atoms with Gasteiger partial charge in [-0.05, 0) is 43.2 Å². The quantitative estimate of drug-likeness (QED) is 0.675. The number of nitrogens with two attached hydrogens (primary N) is 1. The molecule has 0 bridgehead atoms. The van der Waals surface area contributed by atoms with Crippen molar-refractivity contribution in [3.8, 4) is 0 Å². The Morgan fingerprint density at radius 2 is 1.74 bits per heavy atom. The first-order chi connectivity index (χ1) is 10.7. The van der Waals surface area contributed by atoms with E-state index in [1.807, 2.05) is 19.1 Å². The number of amides is 1. The highest BCUT2D eigenvalue weighted by atomic mass is 32.2. The van der Waals surface area contributed by atoms with Crippen LogP contribution in [0, 0.1) is 5.92 Å². The third kappa shape index (κ3) is 8.13. The van der Waals surface area contributed by atoms with Gasteiger partial charge in [0.15, 0.2) is 0 Å². The van der Waals surface area contributed by atoms with Gasteiger partial charge < -0.3 is 5.32 Å². The highest BCUT2D eigenvalue weighted by Crippen LogP contribution is 2.17. The zero-order valence-electron chi connectivity index (χ0n) is 14.2. The zero-order valence-corrected chi connectivity index (χ0v) is 15.0. The van der Waals surface area contributed by atoms with Crippen LogP contribution in [0.1, 0.15) is 50.7 Å². The van der Waals surface area contributed by atoms with E-state index >= 15 is 0 Å². The molecule has 0 spiro atoms. The highest BCUT2D eigenvalue weighted by Gasteiger charge is 2.14. The summed E-state index contributed by atoms with van der Waals surface area (Å²) in [5.74, 6) is 0.299. The predicted octanol–water partition coefficient (Wildman–Crippen LogP) is 2.17. The molecular formula is C17H28N2O3S. The second-order valence-electron chi connectivity index (χ2n) is 6.43. The van der Waals surface area contributed by atoms with Crippen molar-refractivity contribution in [2.24, 2.45) is 11.1 Å². The van der Waals surface area contributed by atoms with E-state index in [1.165, 1.54) is 5.56 Å². The van der Waals surface area contributed by atoms with Crippen molar-refractivity contribution in [2.75, 3.05) is 12.3 Å². The van der Waals surface area contributed by atoms with E-state index in [0.717, 1.165) is 12.0 Å². The van der Waals surface area contributed by atoms with Crippen LogP contribution in [0.5, 0.6) is 0 Å². The molecular weight excluding hydrogens is 312 g/mol. The van der Waals surface area contributed by atoms with Crippen LogP contribution in [0.15, 0.2) is 24.3 Å². The minimum absolute atomic E-state index is 0.0442. The van der Waals surface area contributed by atoms with Gasteiger partial charge in [-0.2, -0.15) is 0 Å². The number of sulfonamides is 1. The molecule has 0 aliphatic heterocycles. The van der Waals surface area contributed by atoms with Gasteiger partial charge in [0.05, 0.1) is 11.7 Å². The molecule has 0 fully saturated rings. The number of benzene rings is 1. The molecule has 0 aliphatic carbocycles. The van der Waals surface area contributed by atoms with Gasteiger partial charge in [0.25, 0.3) is 0 Å². The number of rotatable bonds is 9. The first kappa shape index (κ1) is 19.6. The monoisotopic (exact) mass is 340 g/mol. The Kier molecular flexibility index (Phi) is 7.72. The Balaban J connectivity index is 2.41. The molecule has 1 aromatic carbocycles. The zero-order chi connectivity index (χ0) is 17.5. The number of unbranched alkanes of at least 4 members (excludes halogenated alkanes) is 1. The van der Waals surface area contributed by atoms with Gasteiger partial charge >= 0.3 is 0 Å². The van der Waals surface area contributed by atoms with Crippen molar-refractivity contribution >= 4 is 15.9 Å². The van der Waals surface area contributed by atoms with E-state index in [4.69, 9.17) is 5.14 Å². The summed E-state index contributed by atoms with van der Waals surface area (Å²) in [4.78, 5) is 12.1. The Hall–Kier alpha value is -1.40. The average Bonchev–Trinajstić information content (AvgIpc) is 2.45. The van der Waals surface area contributed by atoms with Gasteiger partial charge in [-0.15, -0.1) is 0 Å². The molecule has 0 unspecified atom stereocenters. The first-order valence-electron chi connectivity index (χ1n) is 8.06. The third-order valence-corrected chi connectivity index (χ3v) is 4.53. The molecule has 0 radical (unpaired) electrons. The fourth-order valence-electron chi connectivity index (χ4n) is 2.36. The maximum absolute atomic E-state index is 12.1. The lowest BCUT2D eigenvalue weighted by Crippen LogP contribution is -2.29. The number of primary sulfonamides is 1. The molecule has 5 nitrogen and oxygen atoms in total. The summed E-state index contributed by atoms with van der Waals surface area (Å²) in [5.41, 5.74) is 2.26. The Bertz CT molecular complexity index is 595. The molecule has 0 heterocycles. The maximum Gasteiger partial charge on any atom is 0.227 e. The highest BCUT2D eigenvalue weighted by molar-refractivity contribution is 7.89. The summed E-state index contributed by atoms with van der Waals surface area (Å²) in [5, 5.41) is 7.77. The summed E-state index contributed by atoms with van der Waals surface area (Å²) in [6, 6.07) is 8.16. The molecule has 130 valence electrons. The van der Waals surface area contributed by atoms with Crippen LogP contribution in [0.25, 0.3) is 0 Å². The van der Waals surface area contributed by atoms with E-state index < -0.39 is 10.0 Å². The lowest BCUT2D eigenvalue weighted by Gasteiger charge is -2.13. The smallest absolute Gasteiger partial charge is 0.227 e. The summed E-state index contributed by atoms with van der Waals surface area (Å²) in [7, 11) is -3.41. The van der Waals surface area contributed by atoms with Crippen molar-refractivity contribution in [2.45, 2.75) is 46.0 Å². The molecule has 0 saturated heterocycles. The number of hydrogen-bond donors (Lipinski definition) is 2. The van der Waals surface area contributed by atoms with E-state index in [0.29, 0.717) is 25.3 Å². The van der Waals surface area contributed by atoms with Crippen molar-refractivity contribution < 1.29 is 13.2 Å². The summed E-state index contributed by atoms with van der Waals surface area (Å²) in [6.45, 7) is 6.70. The van der Waals surface area contributed by atoms with Crippen LogP contribution >= 0.6 is 0 Å². The third-order valence-electron chi connectivity index (χ3n) is 3.67. The van der Waals surface area contributed by atoms with Gasteiger partial charge in [-0.25, -0.2) is 13.6 Å². The molecule has 0 aromatic heterocycles. The molecule has 1 aromatic rings. The molecule has 0 aliphatic rings. The molecule has 1 atom stereocenters. The van der Waals surface area contributed by atoms with Gasteiger partial charge in [-0.3, -0.25) is 4.79 Å². The lowest BCUT2D eigenvalue weighted by atomic mass is 9.96. The van der Waals surface area contributed by atoms with Gasteiger partial charge in [0.1, 0.15) is 0 Å². The molecule has 23 heavy (non-hydrogen) atoms. The maximum atomic E-state index is 12.1. The minimum atomic E-state index is -3.41. The molecule has 6 heteroatoms. The van der Waals surface area contributed by atoms with Crippen LogP contribution in [-0.2, 0) is 21.2 Å². The number of hydrogen-bond acceptors (Lipinski definition) is 3. The molecule has 1 amide bonds. The van der Waals surface area contributed by atoms with Crippen molar-refractivity contribution in [3.05, 3.63) is 35.4 Å². The normalized spacial score (nSPS) is 13.1. The van der Waals surface area contributed by atoms with E-state index in [9.17, 15) is 13.2 Å². The standard InChI is InChI=1S/C17H28N2O3S/c1-13(2)12-15-6-8-16(9-7-15)14(3)17(20)19-10-4-5-11-23(18,21)22/h6-9,13-14H,4-5,10-12H2,1-3H3,(H,19,20)(H2,18,21,22)/t14-/m1/s1. The van der Waals surface area contributed by atoms with Crippen LogP contribution in [0.2, 0.25) is 0 Å². The first-order valence-corrected chi connectivity index (χ1v) is 9.77. The SMILES string of the molecule is CC(C)Cc1ccc([C@@H](C)C(=O)NCCCCS(N)(=O)=O)cc1. The predicted molar refractivity (Wildman–Crippen MR) is 93.6 cm³/mol. The van der Waals surface area contributed by atoms with Crippen LogP contribution in [0.4, 0.5) is 0 Å². The second kappa shape index (κ2) is 9.03. The molecule has 3 N–H and O–H groups in total. The van der Waals surface area contributed by atoms with E-state index in [-0.39, 0.29) is 17.6 Å². The second-order valence-corrected chi connectivity index (χ2v) is 8.16. The van der Waals surface area contributed by atoms with Crippen LogP contribution in [-0.4, -0.2) is 26.6 Å². The van der Waals surface area contributed by atoms with Gasteiger partial charge in [-0.1, -0.05) is 38.1 Å². The molecule has 0 saturated carbocycles. The topological polar surface area (TPSA) is 89.3 Å². The van der Waals surface area contributed by atoms with Crippen molar-refractivity contribution in [1.82, 2.24) is 5.32 Å².